The van der Waals surface area contributed by atoms with Crippen molar-refractivity contribution in [2.24, 2.45) is 4.99 Å². The van der Waals surface area contributed by atoms with Gasteiger partial charge in [-0.25, -0.2) is 4.99 Å². The Bertz CT molecular complexity index is 453. The number of nitrogens with one attached hydrogen (secondary N) is 3. The first-order valence-corrected chi connectivity index (χ1v) is 7.26. The summed E-state index contributed by atoms with van der Waals surface area (Å²) in [7, 11) is 0. The van der Waals surface area contributed by atoms with Crippen LogP contribution in [-0.2, 0) is 11.2 Å². The molecule has 0 aliphatic heterocycles. The molecule has 0 saturated heterocycles. The summed E-state index contributed by atoms with van der Waals surface area (Å²) in [6.07, 6.45) is 2.43. The SMILES string of the molecule is CCNC(=NCC(=O)NC(C)(C)C)NCCc1ccco1.I. The maximum absolute atomic E-state index is 11.7. The lowest BCUT2D eigenvalue weighted by Gasteiger charge is -2.20. The van der Waals surface area contributed by atoms with Gasteiger partial charge in [0.15, 0.2) is 5.96 Å². The molecule has 0 saturated carbocycles. The lowest BCUT2D eigenvalue weighted by molar-refractivity contribution is -0.121. The molecule has 0 aliphatic rings. The topological polar surface area (TPSA) is 78.7 Å². The Hall–Kier alpha value is -1.25. The van der Waals surface area contributed by atoms with Gasteiger partial charge in [0.2, 0.25) is 5.91 Å². The molecule has 3 N–H and O–H groups in total. The molecule has 0 radical (unpaired) electrons. The maximum Gasteiger partial charge on any atom is 0.242 e. The molecule has 1 amide bonds. The van der Waals surface area contributed by atoms with Gasteiger partial charge < -0.3 is 20.4 Å². The van der Waals surface area contributed by atoms with Crippen molar-refractivity contribution in [3.63, 3.8) is 0 Å². The monoisotopic (exact) mass is 422 g/mol. The number of carbonyl (C=O) groups excluding carboxylic acids is 1. The number of halogens is 1. The van der Waals surface area contributed by atoms with Crippen LogP contribution >= 0.6 is 24.0 Å². The minimum Gasteiger partial charge on any atom is -0.469 e. The van der Waals surface area contributed by atoms with Crippen molar-refractivity contribution in [3.8, 4) is 0 Å². The van der Waals surface area contributed by atoms with E-state index >= 15 is 0 Å². The number of hydrogen-bond acceptors (Lipinski definition) is 3. The standard InChI is InChI=1S/C15H26N4O2.HI/c1-5-16-14(17-9-8-12-7-6-10-21-12)18-11-13(20)19-15(2,3)4;/h6-7,10H,5,8-9,11H2,1-4H3,(H,19,20)(H2,16,17,18);1H. The van der Waals surface area contributed by atoms with E-state index in [1.807, 2.05) is 39.8 Å². The zero-order chi connectivity index (χ0) is 15.7. The highest BCUT2D eigenvalue weighted by Crippen LogP contribution is 1.99. The van der Waals surface area contributed by atoms with Crippen molar-refractivity contribution in [3.05, 3.63) is 24.2 Å². The Morgan fingerprint density at radius 3 is 2.59 bits per heavy atom. The zero-order valence-electron chi connectivity index (χ0n) is 13.7. The molecule has 1 heterocycles. The molecule has 0 unspecified atom stereocenters. The first kappa shape index (κ1) is 20.8. The number of amides is 1. The third-order valence-corrected chi connectivity index (χ3v) is 2.48. The molecule has 0 atom stereocenters. The van der Waals surface area contributed by atoms with E-state index in [-0.39, 0.29) is 42.0 Å². The van der Waals surface area contributed by atoms with Crippen molar-refractivity contribution in [2.75, 3.05) is 19.6 Å². The minimum atomic E-state index is -0.238. The molecule has 0 aliphatic carbocycles. The summed E-state index contributed by atoms with van der Waals surface area (Å²) in [5, 5.41) is 9.16. The molecule has 22 heavy (non-hydrogen) atoms. The van der Waals surface area contributed by atoms with Crippen LogP contribution in [0.3, 0.4) is 0 Å². The second-order valence-corrected chi connectivity index (χ2v) is 5.75. The van der Waals surface area contributed by atoms with E-state index in [0.717, 1.165) is 18.7 Å². The van der Waals surface area contributed by atoms with Crippen LogP contribution in [0.5, 0.6) is 0 Å². The first-order chi connectivity index (χ1) is 9.90. The van der Waals surface area contributed by atoms with Crippen LogP contribution in [0, 0.1) is 0 Å². The minimum absolute atomic E-state index is 0. The summed E-state index contributed by atoms with van der Waals surface area (Å²) >= 11 is 0. The summed E-state index contributed by atoms with van der Waals surface area (Å²) < 4.78 is 5.26. The van der Waals surface area contributed by atoms with E-state index in [2.05, 4.69) is 20.9 Å². The van der Waals surface area contributed by atoms with E-state index in [9.17, 15) is 4.79 Å². The van der Waals surface area contributed by atoms with Crippen LogP contribution in [0.25, 0.3) is 0 Å². The van der Waals surface area contributed by atoms with Gasteiger partial charge in [0, 0.05) is 25.0 Å². The fraction of sp³-hybridized carbons (Fsp3) is 0.600. The van der Waals surface area contributed by atoms with Crippen LogP contribution < -0.4 is 16.0 Å². The molecule has 1 aromatic rings. The van der Waals surface area contributed by atoms with Gasteiger partial charge in [-0.15, -0.1) is 24.0 Å². The van der Waals surface area contributed by atoms with E-state index in [1.54, 1.807) is 6.26 Å². The number of furan rings is 1. The molecule has 1 aromatic heterocycles. The van der Waals surface area contributed by atoms with Gasteiger partial charge in [0.1, 0.15) is 12.3 Å². The molecule has 0 fully saturated rings. The van der Waals surface area contributed by atoms with Gasteiger partial charge in [-0.05, 0) is 39.8 Å². The Morgan fingerprint density at radius 2 is 2.05 bits per heavy atom. The molecule has 0 spiro atoms. The van der Waals surface area contributed by atoms with Crippen LogP contribution in [-0.4, -0.2) is 37.0 Å². The second-order valence-electron chi connectivity index (χ2n) is 5.75. The van der Waals surface area contributed by atoms with Crippen molar-refractivity contribution < 1.29 is 9.21 Å². The van der Waals surface area contributed by atoms with Gasteiger partial charge in [0.05, 0.1) is 6.26 Å². The van der Waals surface area contributed by atoms with Crippen LogP contribution in [0.15, 0.2) is 27.8 Å². The molecular formula is C15H27IN4O2. The molecule has 1 rings (SSSR count). The molecule has 0 bridgehead atoms. The Balaban J connectivity index is 0.00000441. The van der Waals surface area contributed by atoms with Gasteiger partial charge in [-0.3, -0.25) is 4.79 Å². The number of rotatable bonds is 6. The van der Waals surface area contributed by atoms with Crippen molar-refractivity contribution >= 4 is 35.8 Å². The fourth-order valence-electron chi connectivity index (χ4n) is 1.71. The Morgan fingerprint density at radius 1 is 1.32 bits per heavy atom. The summed E-state index contributed by atoms with van der Waals surface area (Å²) in [6, 6.07) is 3.80. The molecule has 6 nitrogen and oxygen atoms in total. The van der Waals surface area contributed by atoms with Crippen LogP contribution in [0.2, 0.25) is 0 Å². The molecule has 0 aromatic carbocycles. The average molecular weight is 422 g/mol. The largest absolute Gasteiger partial charge is 0.469 e. The molecule has 126 valence electrons. The third kappa shape index (κ3) is 9.64. The Labute approximate surface area is 149 Å². The van der Waals surface area contributed by atoms with Gasteiger partial charge in [-0.1, -0.05) is 0 Å². The Kier molecular flexibility index (Phi) is 9.88. The normalized spacial score (nSPS) is 11.5. The number of nitrogens with zero attached hydrogens (tertiary/aromatic N) is 1. The third-order valence-electron chi connectivity index (χ3n) is 2.48. The van der Waals surface area contributed by atoms with Crippen molar-refractivity contribution in [2.45, 2.75) is 39.7 Å². The average Bonchev–Trinajstić information content (AvgIpc) is 2.87. The molecule has 7 heteroatoms. The highest BCUT2D eigenvalue weighted by Gasteiger charge is 2.13. The van der Waals surface area contributed by atoms with Gasteiger partial charge >= 0.3 is 0 Å². The second kappa shape index (κ2) is 10.5. The van der Waals surface area contributed by atoms with E-state index < -0.39 is 0 Å². The quantitative estimate of drug-likeness (QED) is 0.372. The van der Waals surface area contributed by atoms with E-state index in [4.69, 9.17) is 4.42 Å². The summed E-state index contributed by atoms with van der Waals surface area (Å²) in [5.41, 5.74) is -0.238. The number of carbonyl (C=O) groups is 1. The predicted octanol–water partition coefficient (Wildman–Crippen LogP) is 1.91. The maximum atomic E-state index is 11.7. The van der Waals surface area contributed by atoms with Crippen LogP contribution in [0.1, 0.15) is 33.5 Å². The number of guanidine groups is 1. The predicted molar refractivity (Wildman–Crippen MR) is 99.7 cm³/mol. The molecular weight excluding hydrogens is 395 g/mol. The highest BCUT2D eigenvalue weighted by molar-refractivity contribution is 14.0. The van der Waals surface area contributed by atoms with Gasteiger partial charge in [-0.2, -0.15) is 0 Å². The van der Waals surface area contributed by atoms with E-state index in [1.165, 1.54) is 0 Å². The smallest absolute Gasteiger partial charge is 0.242 e. The highest BCUT2D eigenvalue weighted by atomic mass is 127. The number of hydrogen-bond donors (Lipinski definition) is 3. The van der Waals surface area contributed by atoms with Gasteiger partial charge in [0.25, 0.3) is 0 Å². The lowest BCUT2D eigenvalue weighted by Crippen LogP contribution is -2.43. The van der Waals surface area contributed by atoms with Crippen molar-refractivity contribution in [1.82, 2.24) is 16.0 Å². The number of aliphatic imine (C=N–C) groups is 1. The van der Waals surface area contributed by atoms with Crippen LogP contribution in [0.4, 0.5) is 0 Å². The summed E-state index contributed by atoms with van der Waals surface area (Å²) in [6.45, 7) is 9.37. The fourth-order valence-corrected chi connectivity index (χ4v) is 1.71. The first-order valence-electron chi connectivity index (χ1n) is 7.26. The van der Waals surface area contributed by atoms with Crippen molar-refractivity contribution in [1.29, 1.82) is 0 Å². The van der Waals surface area contributed by atoms with E-state index in [0.29, 0.717) is 12.5 Å². The summed E-state index contributed by atoms with van der Waals surface area (Å²) in [5.74, 6) is 1.46. The zero-order valence-corrected chi connectivity index (χ0v) is 16.1. The lowest BCUT2D eigenvalue weighted by atomic mass is 10.1. The summed E-state index contributed by atoms with van der Waals surface area (Å²) in [4.78, 5) is 16.0.